The molecule has 2 aromatic rings. The third kappa shape index (κ3) is 3.88. The van der Waals surface area contributed by atoms with E-state index in [-0.39, 0.29) is 0 Å². The molecule has 0 radical (unpaired) electrons. The van der Waals surface area contributed by atoms with Gasteiger partial charge >= 0.3 is 0 Å². The number of nitrogens with zero attached hydrogens (tertiary/aromatic N) is 2. The summed E-state index contributed by atoms with van der Waals surface area (Å²) < 4.78 is 12.5. The molecule has 0 atom stereocenters. The van der Waals surface area contributed by atoms with Crippen LogP contribution in [0.5, 0.6) is 11.5 Å². The van der Waals surface area contributed by atoms with E-state index in [9.17, 15) is 0 Å². The van der Waals surface area contributed by atoms with Gasteiger partial charge in [-0.15, -0.1) is 0 Å². The second-order valence-corrected chi connectivity index (χ2v) is 6.95. The molecule has 0 aromatic heterocycles. The molecule has 0 fully saturated rings. The Labute approximate surface area is 184 Å². The first-order valence-electron chi connectivity index (χ1n) is 10.9. The molecule has 1 aliphatic carbocycles. The molecule has 5 nitrogen and oxygen atoms in total. The molecule has 2 heterocycles. The van der Waals surface area contributed by atoms with E-state index in [4.69, 9.17) is 14.1 Å². The van der Waals surface area contributed by atoms with E-state index in [1.165, 1.54) is 0 Å². The average Bonchev–Trinajstić information content (AvgIpc) is 2.82. The highest BCUT2D eigenvalue weighted by Gasteiger charge is 2.25. The molecule has 0 saturated heterocycles. The van der Waals surface area contributed by atoms with E-state index in [2.05, 4.69) is 23.3 Å². The quantitative estimate of drug-likeness (QED) is 0.269. The maximum atomic E-state index is 6.27. The Kier molecular flexibility index (Phi) is 6.64. The van der Waals surface area contributed by atoms with Crippen LogP contribution in [0.2, 0.25) is 0 Å². The molecular weight excluding hydrogens is 386 g/mol. The van der Waals surface area contributed by atoms with Crippen LogP contribution in [0.1, 0.15) is 44.4 Å². The van der Waals surface area contributed by atoms with E-state index in [0.717, 1.165) is 67.5 Å². The van der Waals surface area contributed by atoms with E-state index in [1.54, 1.807) is 7.05 Å². The number of nitrogens with one attached hydrogen (secondary N) is 1. The van der Waals surface area contributed by atoms with Crippen molar-refractivity contribution in [2.75, 3.05) is 12.4 Å². The maximum Gasteiger partial charge on any atom is 0.158 e. The van der Waals surface area contributed by atoms with Crippen LogP contribution in [0.25, 0.3) is 22.6 Å². The minimum absolute atomic E-state index is 0.723. The van der Waals surface area contributed by atoms with Crippen molar-refractivity contribution in [1.82, 2.24) is 4.98 Å². The minimum Gasteiger partial charge on any atom is -0.453 e. The summed E-state index contributed by atoms with van der Waals surface area (Å²) in [6.45, 7) is 14.1. The summed E-state index contributed by atoms with van der Waals surface area (Å²) in [5, 5.41) is 4.37. The molecule has 1 N–H and O–H groups in total. The molecule has 0 unspecified atom stereocenters. The number of anilines is 2. The molecule has 5 rings (SSSR count). The van der Waals surface area contributed by atoms with E-state index in [1.807, 2.05) is 71.9 Å². The Bertz CT molecular complexity index is 1270. The average molecular weight is 418 g/mol. The summed E-state index contributed by atoms with van der Waals surface area (Å²) in [4.78, 5) is 9.07. The molecule has 5 heteroatoms. The molecule has 0 bridgehead atoms. The zero-order valence-electron chi connectivity index (χ0n) is 19.7. The van der Waals surface area contributed by atoms with Crippen LogP contribution in [0.3, 0.4) is 0 Å². The zero-order chi connectivity index (χ0) is 22.7. The summed E-state index contributed by atoms with van der Waals surface area (Å²) >= 11 is 0. The number of benzene rings is 3. The molecule has 162 valence electrons. The van der Waals surface area contributed by atoms with Gasteiger partial charge in [-0.1, -0.05) is 33.8 Å². The fraction of sp³-hybridized carbons (Fsp3) is 0.308. The summed E-state index contributed by atoms with van der Waals surface area (Å²) in [5.74, 6) is 2.36. The predicted octanol–water partition coefficient (Wildman–Crippen LogP) is 7.29. The summed E-state index contributed by atoms with van der Waals surface area (Å²) in [5.41, 5.74) is 7.36. The van der Waals surface area contributed by atoms with Crippen LogP contribution in [0.15, 0.2) is 45.8 Å². The third-order valence-corrected chi connectivity index (χ3v) is 5.11. The van der Waals surface area contributed by atoms with Crippen molar-refractivity contribution >= 4 is 22.5 Å². The maximum absolute atomic E-state index is 6.27. The molecule has 2 aromatic carbocycles. The van der Waals surface area contributed by atoms with Crippen molar-refractivity contribution in [2.24, 2.45) is 4.99 Å². The van der Waals surface area contributed by atoms with E-state index < -0.39 is 0 Å². The lowest BCUT2D eigenvalue weighted by Crippen LogP contribution is -2.08. The van der Waals surface area contributed by atoms with Gasteiger partial charge in [0.25, 0.3) is 0 Å². The normalized spacial score (nSPS) is 11.9. The van der Waals surface area contributed by atoms with Gasteiger partial charge in [-0.05, 0) is 50.6 Å². The number of hydrogen-bond donors (Lipinski definition) is 1. The number of aromatic nitrogens is 1. The summed E-state index contributed by atoms with van der Waals surface area (Å²) in [6.07, 6.45) is 0. The molecule has 31 heavy (non-hydrogen) atoms. The largest absolute Gasteiger partial charge is 0.453 e. The monoisotopic (exact) mass is 417 g/mol. The predicted molar refractivity (Wildman–Crippen MR) is 129 cm³/mol. The van der Waals surface area contributed by atoms with Gasteiger partial charge in [-0.25, -0.2) is 4.98 Å². The number of rotatable bonds is 0. The molecule has 0 amide bonds. The standard InChI is InChI=1S/C22H19N3O2.2C2H6/c1-11-5-7-15-17(9-11)26-21-12(2)20-22(13(3)19(21)24-15)27-18-10-14(23-4)6-8-16(18)25-20;2*1-2/h5-10,24H,1-4H3;2*1-2H3. The number of fused-ring (bicyclic) bond motifs is 4. The second-order valence-electron chi connectivity index (χ2n) is 6.95. The van der Waals surface area contributed by atoms with Crippen LogP contribution in [-0.4, -0.2) is 12.0 Å². The Morgan fingerprint density at radius 1 is 0.903 bits per heavy atom. The molecule has 0 spiro atoms. The van der Waals surface area contributed by atoms with Gasteiger partial charge in [0.15, 0.2) is 22.8 Å². The van der Waals surface area contributed by atoms with Crippen LogP contribution in [0.4, 0.5) is 11.4 Å². The molecular formula is C26H31N3O2. The molecule has 2 aliphatic heterocycles. The Balaban J connectivity index is 0.000000645. The zero-order valence-corrected chi connectivity index (χ0v) is 19.7. The first-order valence-corrected chi connectivity index (χ1v) is 10.9. The lowest BCUT2D eigenvalue weighted by molar-refractivity contribution is 0.476. The van der Waals surface area contributed by atoms with Crippen LogP contribution < -0.4 is 15.4 Å². The fourth-order valence-electron chi connectivity index (χ4n) is 3.57. The Morgan fingerprint density at radius 3 is 2.35 bits per heavy atom. The van der Waals surface area contributed by atoms with Gasteiger partial charge < -0.3 is 14.5 Å². The van der Waals surface area contributed by atoms with Gasteiger partial charge in [0.2, 0.25) is 0 Å². The Hall–Kier alpha value is -3.34. The minimum atomic E-state index is 0.723. The number of aryl methyl sites for hydroxylation is 3. The second kappa shape index (κ2) is 9.21. The Morgan fingerprint density at radius 2 is 1.65 bits per heavy atom. The molecule has 0 saturated carbocycles. The van der Waals surface area contributed by atoms with Crippen LogP contribution in [0, 0.1) is 20.8 Å². The van der Waals surface area contributed by atoms with Gasteiger partial charge in [-0.3, -0.25) is 4.99 Å². The van der Waals surface area contributed by atoms with Crippen LogP contribution in [-0.2, 0) is 0 Å². The lowest BCUT2D eigenvalue weighted by Gasteiger charge is -2.26. The van der Waals surface area contributed by atoms with E-state index >= 15 is 0 Å². The van der Waals surface area contributed by atoms with Crippen molar-refractivity contribution in [2.45, 2.75) is 48.5 Å². The van der Waals surface area contributed by atoms with Crippen molar-refractivity contribution in [3.05, 3.63) is 58.4 Å². The van der Waals surface area contributed by atoms with Gasteiger partial charge in [0.1, 0.15) is 11.2 Å². The summed E-state index contributed by atoms with van der Waals surface area (Å²) in [7, 11) is 1.77. The third-order valence-electron chi connectivity index (χ3n) is 5.11. The molecule has 3 aliphatic rings. The SMILES string of the molecule is CC.CC.CN=c1ccc2nc3c(C)c4c(c(C)c3oc-2c1)Nc1ccc(C)cc1O4. The number of hydrogen-bond acceptors (Lipinski definition) is 5. The highest BCUT2D eigenvalue weighted by Crippen LogP contribution is 2.48. The van der Waals surface area contributed by atoms with E-state index in [0.29, 0.717) is 0 Å². The number of ether oxygens (including phenoxy) is 1. The topological polar surface area (TPSA) is 59.7 Å². The lowest BCUT2D eigenvalue weighted by atomic mass is 10.0. The first-order chi connectivity index (χ1) is 15.0. The van der Waals surface area contributed by atoms with Gasteiger partial charge in [0, 0.05) is 24.2 Å². The van der Waals surface area contributed by atoms with Crippen LogP contribution >= 0.6 is 0 Å². The first kappa shape index (κ1) is 22.3. The fourth-order valence-corrected chi connectivity index (χ4v) is 3.57. The van der Waals surface area contributed by atoms with Crippen molar-refractivity contribution < 1.29 is 9.15 Å². The van der Waals surface area contributed by atoms with Crippen molar-refractivity contribution in [3.63, 3.8) is 0 Å². The van der Waals surface area contributed by atoms with Gasteiger partial charge in [-0.2, -0.15) is 0 Å². The van der Waals surface area contributed by atoms with Crippen molar-refractivity contribution in [3.8, 4) is 23.0 Å². The van der Waals surface area contributed by atoms with Gasteiger partial charge in [0.05, 0.1) is 16.7 Å². The highest BCUT2D eigenvalue weighted by molar-refractivity contribution is 5.94. The van der Waals surface area contributed by atoms with Crippen molar-refractivity contribution in [1.29, 1.82) is 0 Å². The summed E-state index contributed by atoms with van der Waals surface area (Å²) in [6, 6.07) is 11.9. The highest BCUT2D eigenvalue weighted by atomic mass is 16.5. The smallest absolute Gasteiger partial charge is 0.158 e.